The van der Waals surface area contributed by atoms with Crippen molar-refractivity contribution in [3.63, 3.8) is 0 Å². The average molecular weight is 243 g/mol. The fourth-order valence-electron chi connectivity index (χ4n) is 1.74. The highest BCUT2D eigenvalue weighted by atomic mass is 16.3. The summed E-state index contributed by atoms with van der Waals surface area (Å²) in [5.41, 5.74) is 2.04. The van der Waals surface area contributed by atoms with Gasteiger partial charge < -0.3 is 9.73 Å². The van der Waals surface area contributed by atoms with E-state index in [0.717, 1.165) is 29.9 Å². The normalized spacial score (nSPS) is 10.3. The van der Waals surface area contributed by atoms with E-state index in [0.29, 0.717) is 6.42 Å². The molecule has 0 unspecified atom stereocenters. The van der Waals surface area contributed by atoms with Gasteiger partial charge in [0, 0.05) is 12.1 Å². The number of nitrogens with one attached hydrogen (secondary N) is 1. The molecule has 3 heteroatoms. The molecule has 2 rings (SSSR count). The topological polar surface area (TPSA) is 42.2 Å². The number of hydrogen-bond acceptors (Lipinski definition) is 2. The van der Waals surface area contributed by atoms with Crippen LogP contribution in [0.2, 0.25) is 0 Å². The molecule has 1 aromatic heterocycles. The van der Waals surface area contributed by atoms with Crippen LogP contribution in [0.5, 0.6) is 0 Å². The van der Waals surface area contributed by atoms with Gasteiger partial charge in [0.25, 0.3) is 0 Å². The van der Waals surface area contributed by atoms with Crippen molar-refractivity contribution < 1.29 is 9.21 Å². The van der Waals surface area contributed by atoms with E-state index < -0.39 is 0 Å². The van der Waals surface area contributed by atoms with Crippen LogP contribution in [0.25, 0.3) is 11.3 Å². The van der Waals surface area contributed by atoms with Gasteiger partial charge in [0.1, 0.15) is 5.76 Å². The summed E-state index contributed by atoms with van der Waals surface area (Å²) in [6.45, 7) is 2.78. The zero-order chi connectivity index (χ0) is 12.8. The molecular weight excluding hydrogens is 226 g/mol. The predicted octanol–water partition coefficient (Wildman–Crippen LogP) is 3.02. The van der Waals surface area contributed by atoms with Crippen molar-refractivity contribution in [3.05, 3.63) is 48.2 Å². The molecule has 0 atom stereocenters. The highest BCUT2D eigenvalue weighted by molar-refractivity contribution is 5.78. The van der Waals surface area contributed by atoms with E-state index in [1.165, 1.54) is 0 Å². The van der Waals surface area contributed by atoms with Crippen LogP contribution >= 0.6 is 0 Å². The van der Waals surface area contributed by atoms with Gasteiger partial charge >= 0.3 is 0 Å². The van der Waals surface area contributed by atoms with Gasteiger partial charge in [-0.3, -0.25) is 4.79 Å². The van der Waals surface area contributed by atoms with Crippen LogP contribution in [0.15, 0.2) is 47.1 Å². The van der Waals surface area contributed by atoms with Crippen molar-refractivity contribution in [2.75, 3.05) is 6.54 Å². The lowest BCUT2D eigenvalue weighted by Crippen LogP contribution is -2.25. The van der Waals surface area contributed by atoms with Crippen molar-refractivity contribution in [1.29, 1.82) is 0 Å². The van der Waals surface area contributed by atoms with E-state index in [2.05, 4.69) is 5.32 Å². The number of carbonyl (C=O) groups excluding carboxylic acids is 1. The third-order valence-electron chi connectivity index (χ3n) is 2.70. The molecule has 1 N–H and O–H groups in total. The second kappa shape index (κ2) is 6.05. The zero-order valence-corrected chi connectivity index (χ0v) is 10.5. The molecule has 1 amide bonds. The van der Waals surface area contributed by atoms with Crippen LogP contribution in [-0.4, -0.2) is 12.5 Å². The Hall–Kier alpha value is -2.03. The Balaban J connectivity index is 1.98. The Bertz CT molecular complexity index is 486. The molecule has 1 heterocycles. The van der Waals surface area contributed by atoms with Gasteiger partial charge in [-0.2, -0.15) is 0 Å². The van der Waals surface area contributed by atoms with Crippen LogP contribution in [0.4, 0.5) is 0 Å². The van der Waals surface area contributed by atoms with Crippen LogP contribution in [0, 0.1) is 0 Å². The highest BCUT2D eigenvalue weighted by Crippen LogP contribution is 2.20. The molecule has 3 nitrogen and oxygen atoms in total. The first kappa shape index (κ1) is 12.4. The van der Waals surface area contributed by atoms with Crippen molar-refractivity contribution in [2.24, 2.45) is 0 Å². The second-order valence-corrected chi connectivity index (χ2v) is 4.20. The first-order valence-electron chi connectivity index (χ1n) is 6.19. The molecule has 0 aliphatic rings. The van der Waals surface area contributed by atoms with Crippen LogP contribution in [0.3, 0.4) is 0 Å². The van der Waals surface area contributed by atoms with Crippen LogP contribution in [-0.2, 0) is 11.2 Å². The van der Waals surface area contributed by atoms with Gasteiger partial charge in [-0.05, 0) is 24.1 Å². The van der Waals surface area contributed by atoms with Crippen molar-refractivity contribution in [1.82, 2.24) is 5.32 Å². The maximum Gasteiger partial charge on any atom is 0.224 e. The third kappa shape index (κ3) is 3.23. The number of carbonyl (C=O) groups is 1. The van der Waals surface area contributed by atoms with E-state index in [4.69, 9.17) is 4.42 Å². The molecule has 0 saturated carbocycles. The molecule has 0 radical (unpaired) electrons. The van der Waals surface area contributed by atoms with Crippen LogP contribution < -0.4 is 5.32 Å². The third-order valence-corrected chi connectivity index (χ3v) is 2.70. The number of furan rings is 1. The monoisotopic (exact) mass is 243 g/mol. The smallest absolute Gasteiger partial charge is 0.224 e. The van der Waals surface area contributed by atoms with Gasteiger partial charge in [-0.25, -0.2) is 0 Å². The first-order chi connectivity index (χ1) is 8.79. The Labute approximate surface area is 107 Å². The summed E-state index contributed by atoms with van der Waals surface area (Å²) in [7, 11) is 0. The van der Waals surface area contributed by atoms with Gasteiger partial charge in [0.05, 0.1) is 12.7 Å². The van der Waals surface area contributed by atoms with E-state index >= 15 is 0 Å². The molecule has 18 heavy (non-hydrogen) atoms. The number of benzene rings is 1. The minimum atomic E-state index is 0.0719. The maximum atomic E-state index is 11.6. The number of amides is 1. The van der Waals surface area contributed by atoms with E-state index in [1.54, 1.807) is 6.26 Å². The largest absolute Gasteiger partial charge is 0.464 e. The molecule has 0 spiro atoms. The number of hydrogen-bond donors (Lipinski definition) is 1. The van der Waals surface area contributed by atoms with Crippen molar-refractivity contribution in [2.45, 2.75) is 19.8 Å². The lowest BCUT2D eigenvalue weighted by Gasteiger charge is -2.04. The molecular formula is C15H17NO2. The molecule has 2 aromatic rings. The van der Waals surface area contributed by atoms with E-state index in [9.17, 15) is 4.79 Å². The molecule has 94 valence electrons. The molecule has 1 aromatic carbocycles. The molecule has 0 fully saturated rings. The summed E-state index contributed by atoms with van der Waals surface area (Å²) in [6.07, 6.45) is 3.04. The Morgan fingerprint density at radius 2 is 2.00 bits per heavy atom. The molecule has 0 aliphatic heterocycles. The average Bonchev–Trinajstić information content (AvgIpc) is 2.91. The molecule has 0 saturated heterocycles. The summed E-state index contributed by atoms with van der Waals surface area (Å²) in [4.78, 5) is 11.6. The van der Waals surface area contributed by atoms with Crippen molar-refractivity contribution in [3.8, 4) is 11.3 Å². The summed E-state index contributed by atoms with van der Waals surface area (Å²) in [5, 5.41) is 2.87. The van der Waals surface area contributed by atoms with Gasteiger partial charge in [-0.1, -0.05) is 31.2 Å². The minimum Gasteiger partial charge on any atom is -0.464 e. The Kier molecular flexibility index (Phi) is 4.18. The second-order valence-electron chi connectivity index (χ2n) is 4.20. The summed E-state index contributed by atoms with van der Waals surface area (Å²) < 4.78 is 5.31. The van der Waals surface area contributed by atoms with E-state index in [-0.39, 0.29) is 5.91 Å². The van der Waals surface area contributed by atoms with Crippen LogP contribution in [0.1, 0.15) is 18.9 Å². The summed E-state index contributed by atoms with van der Waals surface area (Å²) >= 11 is 0. The zero-order valence-electron chi connectivity index (χ0n) is 10.5. The Morgan fingerprint density at radius 3 is 2.61 bits per heavy atom. The first-order valence-corrected chi connectivity index (χ1v) is 6.19. The highest BCUT2D eigenvalue weighted by Gasteiger charge is 2.04. The maximum absolute atomic E-state index is 11.6. The fraction of sp³-hybridized carbons (Fsp3) is 0.267. The standard InChI is InChI=1S/C15H17NO2/c1-2-9-16-15(17)11-12-5-7-13(8-6-12)14-4-3-10-18-14/h3-8,10H,2,9,11H2,1H3,(H,16,17). The summed E-state index contributed by atoms with van der Waals surface area (Å²) in [6, 6.07) is 11.7. The van der Waals surface area contributed by atoms with Gasteiger partial charge in [-0.15, -0.1) is 0 Å². The number of rotatable bonds is 5. The fourth-order valence-corrected chi connectivity index (χ4v) is 1.74. The minimum absolute atomic E-state index is 0.0719. The van der Waals surface area contributed by atoms with E-state index in [1.807, 2.05) is 43.3 Å². The van der Waals surface area contributed by atoms with Gasteiger partial charge in [0.15, 0.2) is 0 Å². The lowest BCUT2D eigenvalue weighted by molar-refractivity contribution is -0.120. The summed E-state index contributed by atoms with van der Waals surface area (Å²) in [5.74, 6) is 0.916. The van der Waals surface area contributed by atoms with Gasteiger partial charge in [0.2, 0.25) is 5.91 Å². The predicted molar refractivity (Wildman–Crippen MR) is 71.1 cm³/mol. The lowest BCUT2D eigenvalue weighted by atomic mass is 10.1. The SMILES string of the molecule is CCCNC(=O)Cc1ccc(-c2ccco2)cc1. The van der Waals surface area contributed by atoms with Crippen molar-refractivity contribution >= 4 is 5.91 Å². The molecule has 0 aliphatic carbocycles. The molecule has 0 bridgehead atoms. The Morgan fingerprint density at radius 1 is 1.22 bits per heavy atom. The quantitative estimate of drug-likeness (QED) is 0.877.